The van der Waals surface area contributed by atoms with Gasteiger partial charge in [-0.1, -0.05) is 48.5 Å². The van der Waals surface area contributed by atoms with E-state index in [1.165, 1.54) is 0 Å². The number of hydrogen-bond donors (Lipinski definition) is 1. The van der Waals surface area contributed by atoms with E-state index in [9.17, 15) is 9.90 Å². The van der Waals surface area contributed by atoms with Crippen LogP contribution in [-0.4, -0.2) is 15.9 Å². The number of aliphatic hydroxyl groups is 1. The fourth-order valence-electron chi connectivity index (χ4n) is 4.41. The average molecular weight is 341 g/mol. The van der Waals surface area contributed by atoms with Crippen molar-refractivity contribution in [3.8, 4) is 0 Å². The van der Waals surface area contributed by atoms with Crippen molar-refractivity contribution in [2.24, 2.45) is 5.92 Å². The summed E-state index contributed by atoms with van der Waals surface area (Å²) in [6, 6.07) is 19.8. The molecular formula is C23H19NO2. The van der Waals surface area contributed by atoms with Gasteiger partial charge in [-0.15, -0.1) is 0 Å². The Kier molecular flexibility index (Phi) is 3.34. The maximum absolute atomic E-state index is 12.1. The number of fused-ring (bicyclic) bond motifs is 4. The van der Waals surface area contributed by atoms with Crippen LogP contribution in [-0.2, 0) is 10.4 Å². The zero-order valence-electron chi connectivity index (χ0n) is 14.4. The van der Waals surface area contributed by atoms with Gasteiger partial charge in [0.05, 0.1) is 11.2 Å². The summed E-state index contributed by atoms with van der Waals surface area (Å²) in [7, 11) is 0. The summed E-state index contributed by atoms with van der Waals surface area (Å²) < 4.78 is 0. The van der Waals surface area contributed by atoms with Crippen LogP contribution in [0.2, 0.25) is 0 Å². The van der Waals surface area contributed by atoms with Crippen LogP contribution in [0.25, 0.3) is 16.5 Å². The lowest BCUT2D eigenvalue weighted by Crippen LogP contribution is -2.37. The zero-order chi connectivity index (χ0) is 17.7. The second-order valence-electron chi connectivity index (χ2n) is 7.31. The zero-order valence-corrected chi connectivity index (χ0v) is 14.4. The second kappa shape index (κ2) is 5.61. The summed E-state index contributed by atoms with van der Waals surface area (Å²) in [5.41, 5.74) is 3.26. The van der Waals surface area contributed by atoms with Crippen LogP contribution in [0.15, 0.2) is 66.7 Å². The third-order valence-electron chi connectivity index (χ3n) is 5.73. The first kappa shape index (κ1) is 15.5. The van der Waals surface area contributed by atoms with E-state index in [-0.39, 0.29) is 11.7 Å². The number of allylic oxidation sites excluding steroid dienone is 2. The normalized spacial score (nSPS) is 24.7. The molecule has 2 aromatic carbocycles. The number of carbonyl (C=O) groups is 1. The summed E-state index contributed by atoms with van der Waals surface area (Å²) in [6.45, 7) is 0. The topological polar surface area (TPSA) is 50.2 Å². The van der Waals surface area contributed by atoms with Gasteiger partial charge >= 0.3 is 0 Å². The van der Waals surface area contributed by atoms with Gasteiger partial charge < -0.3 is 5.11 Å². The van der Waals surface area contributed by atoms with Crippen molar-refractivity contribution in [2.75, 3.05) is 0 Å². The summed E-state index contributed by atoms with van der Waals surface area (Å²) >= 11 is 0. The number of carbonyl (C=O) groups excluding carboxylic acids is 1. The van der Waals surface area contributed by atoms with Crippen LogP contribution in [0.4, 0.5) is 0 Å². The Morgan fingerprint density at radius 2 is 1.81 bits per heavy atom. The summed E-state index contributed by atoms with van der Waals surface area (Å²) in [6.07, 6.45) is 3.65. The highest BCUT2D eigenvalue weighted by molar-refractivity contribution is 6.00. The molecule has 1 heterocycles. The third kappa shape index (κ3) is 2.24. The lowest BCUT2D eigenvalue weighted by Gasteiger charge is -2.41. The van der Waals surface area contributed by atoms with Crippen LogP contribution in [0.3, 0.4) is 0 Å². The van der Waals surface area contributed by atoms with Crippen molar-refractivity contribution in [2.45, 2.75) is 24.9 Å². The molecule has 0 fully saturated rings. The fourth-order valence-corrected chi connectivity index (χ4v) is 4.41. The third-order valence-corrected chi connectivity index (χ3v) is 5.73. The van der Waals surface area contributed by atoms with Gasteiger partial charge in [-0.2, -0.15) is 0 Å². The van der Waals surface area contributed by atoms with Crippen molar-refractivity contribution in [3.05, 3.63) is 83.6 Å². The van der Waals surface area contributed by atoms with Gasteiger partial charge in [-0.3, -0.25) is 4.79 Å². The summed E-state index contributed by atoms with van der Waals surface area (Å²) in [4.78, 5) is 16.9. The molecule has 128 valence electrons. The Morgan fingerprint density at radius 3 is 2.65 bits per heavy atom. The molecule has 3 aromatic rings. The molecule has 1 N–H and O–H groups in total. The molecule has 0 radical (unpaired) electrons. The number of nitrogens with zero attached hydrogens (tertiary/aromatic N) is 1. The van der Waals surface area contributed by atoms with Gasteiger partial charge in [0.2, 0.25) is 0 Å². The van der Waals surface area contributed by atoms with E-state index in [4.69, 9.17) is 4.98 Å². The predicted molar refractivity (Wildman–Crippen MR) is 102 cm³/mol. The Balaban J connectivity index is 1.83. The number of para-hydroxylation sites is 1. The van der Waals surface area contributed by atoms with Crippen molar-refractivity contribution in [1.29, 1.82) is 0 Å². The highest BCUT2D eigenvalue weighted by Crippen LogP contribution is 2.50. The van der Waals surface area contributed by atoms with Crippen molar-refractivity contribution in [3.63, 3.8) is 0 Å². The molecular weight excluding hydrogens is 322 g/mol. The molecule has 0 amide bonds. The number of benzene rings is 2. The van der Waals surface area contributed by atoms with Crippen LogP contribution in [0, 0.1) is 5.92 Å². The van der Waals surface area contributed by atoms with Crippen molar-refractivity contribution in [1.82, 2.24) is 4.98 Å². The van der Waals surface area contributed by atoms with E-state index in [0.29, 0.717) is 12.8 Å². The largest absolute Gasteiger partial charge is 0.380 e. The van der Waals surface area contributed by atoms with E-state index in [0.717, 1.165) is 39.7 Å². The highest BCUT2D eigenvalue weighted by Gasteiger charge is 2.44. The van der Waals surface area contributed by atoms with E-state index in [1.807, 2.05) is 60.7 Å². The molecule has 1 aromatic heterocycles. The molecule has 2 aliphatic carbocycles. The van der Waals surface area contributed by atoms with Gasteiger partial charge in [-0.05, 0) is 48.1 Å². The van der Waals surface area contributed by atoms with Crippen LogP contribution in [0.5, 0.6) is 0 Å². The molecule has 2 aliphatic rings. The highest BCUT2D eigenvalue weighted by atomic mass is 16.3. The van der Waals surface area contributed by atoms with E-state index < -0.39 is 5.60 Å². The molecule has 3 nitrogen and oxygen atoms in total. The van der Waals surface area contributed by atoms with Crippen molar-refractivity contribution >= 4 is 22.3 Å². The Bertz CT molecular complexity index is 1050. The molecule has 2 atom stereocenters. The smallest absolute Gasteiger partial charge is 0.156 e. The van der Waals surface area contributed by atoms with Gasteiger partial charge in [0, 0.05) is 17.4 Å². The average Bonchev–Trinajstić information content (AvgIpc) is 2.68. The van der Waals surface area contributed by atoms with Crippen molar-refractivity contribution < 1.29 is 9.90 Å². The van der Waals surface area contributed by atoms with Crippen LogP contribution in [0.1, 0.15) is 36.1 Å². The minimum absolute atomic E-state index is 0.152. The van der Waals surface area contributed by atoms with Crippen LogP contribution < -0.4 is 0 Å². The fraction of sp³-hybridized carbons (Fsp3) is 0.217. The van der Waals surface area contributed by atoms with E-state index >= 15 is 0 Å². The molecule has 2 unspecified atom stereocenters. The molecule has 0 aliphatic heterocycles. The molecule has 0 bridgehead atoms. The summed E-state index contributed by atoms with van der Waals surface area (Å²) in [5.74, 6) is 0.307. The number of rotatable bonds is 1. The Morgan fingerprint density at radius 1 is 1.04 bits per heavy atom. The molecule has 0 saturated carbocycles. The van der Waals surface area contributed by atoms with Gasteiger partial charge in [0.25, 0.3) is 0 Å². The quantitative estimate of drug-likeness (QED) is 0.720. The van der Waals surface area contributed by atoms with Crippen LogP contribution >= 0.6 is 0 Å². The lowest BCUT2D eigenvalue weighted by atomic mass is 9.67. The first-order chi connectivity index (χ1) is 12.6. The molecule has 0 saturated heterocycles. The Labute approximate surface area is 152 Å². The molecule has 3 heteroatoms. The van der Waals surface area contributed by atoms with E-state index in [1.54, 1.807) is 6.08 Å². The number of pyridine rings is 1. The minimum atomic E-state index is -1.09. The predicted octanol–water partition coefficient (Wildman–Crippen LogP) is 4.24. The lowest BCUT2D eigenvalue weighted by molar-refractivity contribution is -0.115. The Hall–Kier alpha value is -2.78. The molecule has 26 heavy (non-hydrogen) atoms. The van der Waals surface area contributed by atoms with Gasteiger partial charge in [0.1, 0.15) is 5.60 Å². The molecule has 0 spiro atoms. The molecule has 5 rings (SSSR count). The first-order valence-electron chi connectivity index (χ1n) is 9.08. The SMILES string of the molecule is O=C1C=C2c3nc4ccccc4cc3C(O)(c3ccccc3)CC2CC1. The van der Waals surface area contributed by atoms with E-state index in [2.05, 4.69) is 0 Å². The summed E-state index contributed by atoms with van der Waals surface area (Å²) in [5, 5.41) is 12.8. The maximum atomic E-state index is 12.1. The minimum Gasteiger partial charge on any atom is -0.380 e. The number of aromatic nitrogens is 1. The standard InChI is InChI=1S/C23H19NO2/c25-18-11-10-16-14-23(26,17-7-2-1-3-8-17)20-12-15-6-4-5-9-21(15)24-22(20)19(16)13-18/h1-9,12-13,16,26H,10-11,14H2. The first-order valence-corrected chi connectivity index (χ1v) is 9.08. The van der Waals surface area contributed by atoms with Gasteiger partial charge in [-0.25, -0.2) is 4.98 Å². The monoisotopic (exact) mass is 341 g/mol. The maximum Gasteiger partial charge on any atom is 0.156 e. The second-order valence-corrected chi connectivity index (χ2v) is 7.31. The number of hydrogen-bond acceptors (Lipinski definition) is 3. The number of ketones is 1. The van der Waals surface area contributed by atoms with Gasteiger partial charge in [0.15, 0.2) is 5.78 Å².